The van der Waals surface area contributed by atoms with E-state index in [4.69, 9.17) is 0 Å². The minimum Gasteiger partial charge on any atom is -0.217 e. The maximum atomic E-state index is 12.4. The fourth-order valence-corrected chi connectivity index (χ4v) is 3.15. The van der Waals surface area contributed by atoms with Crippen LogP contribution in [0.4, 0.5) is 5.69 Å². The summed E-state index contributed by atoms with van der Waals surface area (Å²) in [7, 11) is -3.60. The fraction of sp³-hybridized carbons (Fsp3) is 0. The average Bonchev–Trinajstić information content (AvgIpc) is 2.84. The lowest BCUT2D eigenvalue weighted by molar-refractivity contribution is 0.607. The van der Waals surface area contributed by atoms with Crippen molar-refractivity contribution in [3.63, 3.8) is 0 Å². The van der Waals surface area contributed by atoms with Crippen LogP contribution < -0.4 is 5.43 Å². The van der Waals surface area contributed by atoms with E-state index in [1.54, 1.807) is 54.6 Å². The Morgan fingerprint density at radius 3 is 2.28 bits per heavy atom. The van der Waals surface area contributed by atoms with Gasteiger partial charge in [-0.3, -0.25) is 0 Å². The zero-order chi connectivity index (χ0) is 12.6. The Hall–Kier alpha value is -2.14. The summed E-state index contributed by atoms with van der Waals surface area (Å²) in [5, 5.41) is 3.82. The molecule has 0 saturated heterocycles. The molecule has 1 aliphatic rings. The molecule has 1 heterocycles. The lowest BCUT2D eigenvalue weighted by Crippen LogP contribution is -2.14. The molecule has 4 nitrogen and oxygen atoms in total. The van der Waals surface area contributed by atoms with E-state index in [-0.39, 0.29) is 9.94 Å². The molecule has 2 aromatic carbocycles. The first-order valence-electron chi connectivity index (χ1n) is 5.38. The van der Waals surface area contributed by atoms with Crippen molar-refractivity contribution in [1.29, 1.82) is 0 Å². The highest BCUT2D eigenvalue weighted by molar-refractivity contribution is 8.07. The standard InChI is InChI=1S/C13H9N2O2S/c16-18(17,10-6-2-1-3-7-10)13-11-8-4-5-9-12(11)14-15-13/h1-9H. The quantitative estimate of drug-likeness (QED) is 0.785. The van der Waals surface area contributed by atoms with Crippen LogP contribution in [0.5, 0.6) is 0 Å². The topological polar surface area (TPSA) is 60.6 Å². The van der Waals surface area contributed by atoms with Gasteiger partial charge in [-0.15, -0.1) is 10.5 Å². The number of nitrogens with zero attached hydrogens (tertiary/aromatic N) is 2. The van der Waals surface area contributed by atoms with E-state index < -0.39 is 9.84 Å². The second kappa shape index (κ2) is 3.96. The van der Waals surface area contributed by atoms with Crippen LogP contribution in [-0.4, -0.2) is 13.5 Å². The van der Waals surface area contributed by atoms with E-state index in [2.05, 4.69) is 10.5 Å². The SMILES string of the molecule is O=S(=O)(C1=N[N]c2ccccc21)c1ccccc1. The molecule has 0 N–H and O–H groups in total. The zero-order valence-corrected chi connectivity index (χ0v) is 10.1. The molecule has 0 aromatic heterocycles. The summed E-state index contributed by atoms with van der Waals surface area (Å²) in [4.78, 5) is 0.232. The van der Waals surface area contributed by atoms with Crippen LogP contribution in [0.3, 0.4) is 0 Å². The summed E-state index contributed by atoms with van der Waals surface area (Å²) in [6.45, 7) is 0. The highest BCUT2D eigenvalue weighted by Crippen LogP contribution is 2.27. The molecule has 1 aliphatic heterocycles. The molecule has 0 unspecified atom stereocenters. The molecule has 3 rings (SSSR count). The van der Waals surface area contributed by atoms with Crippen molar-refractivity contribution in [3.05, 3.63) is 60.2 Å². The van der Waals surface area contributed by atoms with Gasteiger partial charge in [-0.2, -0.15) is 0 Å². The van der Waals surface area contributed by atoms with Crippen LogP contribution >= 0.6 is 0 Å². The molecule has 0 saturated carbocycles. The number of hydrogen-bond donors (Lipinski definition) is 0. The Bertz CT molecular complexity index is 722. The van der Waals surface area contributed by atoms with E-state index in [0.29, 0.717) is 11.3 Å². The Morgan fingerprint density at radius 2 is 1.50 bits per heavy atom. The average molecular weight is 257 g/mol. The van der Waals surface area contributed by atoms with Crippen LogP contribution in [0, 0.1) is 0 Å². The van der Waals surface area contributed by atoms with Crippen LogP contribution in [0.1, 0.15) is 5.56 Å². The first-order valence-corrected chi connectivity index (χ1v) is 6.86. The van der Waals surface area contributed by atoms with E-state index in [1.165, 1.54) is 0 Å². The molecule has 0 spiro atoms. The first kappa shape index (κ1) is 11.0. The Kier molecular flexibility index (Phi) is 2.41. The highest BCUT2D eigenvalue weighted by atomic mass is 32.2. The van der Waals surface area contributed by atoms with Gasteiger partial charge in [-0.05, 0) is 24.3 Å². The molecule has 18 heavy (non-hydrogen) atoms. The molecule has 0 bridgehead atoms. The van der Waals surface area contributed by atoms with Crippen LogP contribution in [0.2, 0.25) is 0 Å². The van der Waals surface area contributed by atoms with Gasteiger partial charge in [0.05, 0.1) is 10.6 Å². The molecular weight excluding hydrogens is 248 g/mol. The summed E-state index contributed by atoms with van der Waals surface area (Å²) in [5.74, 6) is 0. The van der Waals surface area contributed by atoms with Crippen LogP contribution in [0.25, 0.3) is 0 Å². The molecule has 5 heteroatoms. The van der Waals surface area contributed by atoms with Gasteiger partial charge in [-0.1, -0.05) is 30.3 Å². The van der Waals surface area contributed by atoms with Gasteiger partial charge >= 0.3 is 0 Å². The Morgan fingerprint density at radius 1 is 0.833 bits per heavy atom. The summed E-state index contributed by atoms with van der Waals surface area (Å²) in [5.41, 5.74) is 5.03. The van der Waals surface area contributed by atoms with Crippen molar-refractivity contribution in [1.82, 2.24) is 5.43 Å². The molecule has 0 amide bonds. The highest BCUT2D eigenvalue weighted by Gasteiger charge is 2.30. The maximum absolute atomic E-state index is 12.4. The maximum Gasteiger partial charge on any atom is 0.226 e. The Labute approximate surface area is 105 Å². The minimum atomic E-state index is -3.60. The van der Waals surface area contributed by atoms with E-state index in [1.807, 2.05) is 0 Å². The normalized spacial score (nSPS) is 13.7. The van der Waals surface area contributed by atoms with Gasteiger partial charge in [0.25, 0.3) is 0 Å². The molecule has 0 atom stereocenters. The number of hydrogen-bond acceptors (Lipinski definition) is 3. The molecule has 0 aliphatic carbocycles. The molecule has 2 aromatic rings. The largest absolute Gasteiger partial charge is 0.226 e. The molecular formula is C13H9N2O2S. The third kappa shape index (κ3) is 1.60. The van der Waals surface area contributed by atoms with Gasteiger partial charge in [0.1, 0.15) is 0 Å². The van der Waals surface area contributed by atoms with E-state index in [9.17, 15) is 8.42 Å². The monoisotopic (exact) mass is 257 g/mol. The molecule has 1 radical (unpaired) electrons. The third-order valence-corrected chi connectivity index (χ3v) is 4.39. The number of fused-ring (bicyclic) bond motifs is 1. The van der Waals surface area contributed by atoms with E-state index in [0.717, 1.165) is 0 Å². The zero-order valence-electron chi connectivity index (χ0n) is 9.32. The predicted molar refractivity (Wildman–Crippen MR) is 68.4 cm³/mol. The van der Waals surface area contributed by atoms with Crippen LogP contribution in [-0.2, 0) is 9.84 Å². The number of sulfone groups is 1. The smallest absolute Gasteiger partial charge is 0.217 e. The van der Waals surface area contributed by atoms with Gasteiger partial charge in [0, 0.05) is 5.56 Å². The van der Waals surface area contributed by atoms with Crippen molar-refractivity contribution in [2.45, 2.75) is 4.90 Å². The van der Waals surface area contributed by atoms with Crippen molar-refractivity contribution in [3.8, 4) is 0 Å². The van der Waals surface area contributed by atoms with Gasteiger partial charge < -0.3 is 0 Å². The Balaban J connectivity index is 2.14. The van der Waals surface area contributed by atoms with Gasteiger partial charge in [-0.25, -0.2) is 8.42 Å². The summed E-state index contributed by atoms with van der Waals surface area (Å²) in [6, 6.07) is 15.3. The first-order chi connectivity index (χ1) is 8.69. The minimum absolute atomic E-state index is 0.0179. The van der Waals surface area contributed by atoms with E-state index >= 15 is 0 Å². The predicted octanol–water partition coefficient (Wildman–Crippen LogP) is 2.07. The molecule has 0 fully saturated rings. The van der Waals surface area contributed by atoms with Crippen LogP contribution in [0.15, 0.2) is 64.6 Å². The van der Waals surface area contributed by atoms with Crippen molar-refractivity contribution < 1.29 is 8.42 Å². The summed E-state index contributed by atoms with van der Waals surface area (Å²) in [6.07, 6.45) is 0. The van der Waals surface area contributed by atoms with Crippen molar-refractivity contribution in [2.75, 3.05) is 0 Å². The van der Waals surface area contributed by atoms with Gasteiger partial charge in [0.2, 0.25) is 9.84 Å². The number of rotatable bonds is 1. The second-order valence-corrected chi connectivity index (χ2v) is 5.70. The summed E-state index contributed by atoms with van der Waals surface area (Å²) >= 11 is 0. The molecule has 89 valence electrons. The number of benzene rings is 2. The fourth-order valence-electron chi connectivity index (χ4n) is 1.80. The van der Waals surface area contributed by atoms with Gasteiger partial charge in [0.15, 0.2) is 5.04 Å². The lowest BCUT2D eigenvalue weighted by atomic mass is 10.2. The third-order valence-electron chi connectivity index (χ3n) is 2.69. The lowest BCUT2D eigenvalue weighted by Gasteiger charge is -2.03. The van der Waals surface area contributed by atoms with Crippen molar-refractivity contribution in [2.24, 2.45) is 5.10 Å². The summed E-state index contributed by atoms with van der Waals surface area (Å²) < 4.78 is 24.8. The van der Waals surface area contributed by atoms with Crippen molar-refractivity contribution >= 4 is 20.6 Å². The second-order valence-electron chi connectivity index (χ2n) is 3.84.